The number of anilines is 3. The quantitative estimate of drug-likeness (QED) is 0.893. The molecule has 2 aromatic rings. The number of hydrogen-bond acceptors (Lipinski definition) is 5. The van der Waals surface area contributed by atoms with Crippen molar-refractivity contribution in [1.29, 1.82) is 0 Å². The minimum atomic E-state index is 0.590. The van der Waals surface area contributed by atoms with Crippen LogP contribution in [0.1, 0.15) is 12.7 Å². The van der Waals surface area contributed by atoms with Gasteiger partial charge in [-0.1, -0.05) is 18.2 Å². The maximum atomic E-state index is 4.39. The van der Waals surface area contributed by atoms with Gasteiger partial charge in [0.25, 0.3) is 0 Å². The fraction of sp³-hybridized carbons (Fsp3) is 0.308. The number of aromatic nitrogens is 3. The maximum absolute atomic E-state index is 4.39. The molecule has 2 rings (SSSR count). The lowest BCUT2D eigenvalue weighted by Crippen LogP contribution is -2.20. The Morgan fingerprint density at radius 3 is 2.44 bits per heavy atom. The van der Waals surface area contributed by atoms with Gasteiger partial charge in [0.1, 0.15) is 5.82 Å². The SMILES string of the molecule is CCN(c1ccccc1)c1nc(C)nc(NC)n1. The van der Waals surface area contributed by atoms with Gasteiger partial charge in [0, 0.05) is 19.3 Å². The molecule has 1 aromatic heterocycles. The fourth-order valence-electron chi connectivity index (χ4n) is 1.75. The average Bonchev–Trinajstić information content (AvgIpc) is 2.40. The number of rotatable bonds is 4. The van der Waals surface area contributed by atoms with E-state index < -0.39 is 0 Å². The van der Waals surface area contributed by atoms with Crippen molar-refractivity contribution in [2.75, 3.05) is 23.8 Å². The van der Waals surface area contributed by atoms with Crippen LogP contribution >= 0.6 is 0 Å². The van der Waals surface area contributed by atoms with Gasteiger partial charge in [-0.25, -0.2) is 0 Å². The van der Waals surface area contributed by atoms with E-state index in [1.54, 1.807) is 7.05 Å². The van der Waals surface area contributed by atoms with E-state index in [4.69, 9.17) is 0 Å². The van der Waals surface area contributed by atoms with Crippen molar-refractivity contribution in [1.82, 2.24) is 15.0 Å². The lowest BCUT2D eigenvalue weighted by Gasteiger charge is -2.21. The van der Waals surface area contributed by atoms with Crippen LogP contribution in [0.25, 0.3) is 0 Å². The van der Waals surface area contributed by atoms with Crippen LogP contribution in [-0.4, -0.2) is 28.5 Å². The molecule has 94 valence electrons. The molecule has 0 aliphatic heterocycles. The number of nitrogens with one attached hydrogen (secondary N) is 1. The molecule has 1 aromatic carbocycles. The van der Waals surface area contributed by atoms with Crippen molar-refractivity contribution < 1.29 is 0 Å². The van der Waals surface area contributed by atoms with Crippen LogP contribution < -0.4 is 10.2 Å². The van der Waals surface area contributed by atoms with Crippen LogP contribution in [0.5, 0.6) is 0 Å². The van der Waals surface area contributed by atoms with Gasteiger partial charge >= 0.3 is 0 Å². The van der Waals surface area contributed by atoms with Crippen LogP contribution in [0.4, 0.5) is 17.6 Å². The molecule has 0 saturated carbocycles. The molecule has 0 saturated heterocycles. The summed E-state index contributed by atoms with van der Waals surface area (Å²) in [5, 5.41) is 2.95. The molecule has 0 fully saturated rings. The monoisotopic (exact) mass is 243 g/mol. The Kier molecular flexibility index (Phi) is 3.72. The standard InChI is InChI=1S/C13H17N5/c1-4-18(11-8-6-5-7-9-11)13-16-10(2)15-12(14-3)17-13/h5-9H,4H2,1-3H3,(H,14,15,16,17). The van der Waals surface area contributed by atoms with E-state index in [1.807, 2.05) is 37.3 Å². The van der Waals surface area contributed by atoms with E-state index in [-0.39, 0.29) is 0 Å². The van der Waals surface area contributed by atoms with E-state index in [0.717, 1.165) is 12.2 Å². The van der Waals surface area contributed by atoms with E-state index in [2.05, 4.69) is 32.1 Å². The van der Waals surface area contributed by atoms with E-state index in [0.29, 0.717) is 17.7 Å². The van der Waals surface area contributed by atoms with Crippen LogP contribution in [0.3, 0.4) is 0 Å². The summed E-state index contributed by atoms with van der Waals surface area (Å²) in [6.07, 6.45) is 0. The van der Waals surface area contributed by atoms with Crippen molar-refractivity contribution in [3.63, 3.8) is 0 Å². The van der Waals surface area contributed by atoms with E-state index in [9.17, 15) is 0 Å². The first-order chi connectivity index (χ1) is 8.74. The molecule has 5 nitrogen and oxygen atoms in total. The van der Waals surface area contributed by atoms with E-state index >= 15 is 0 Å². The Morgan fingerprint density at radius 2 is 1.83 bits per heavy atom. The third-order valence-corrected chi connectivity index (χ3v) is 2.58. The molecule has 5 heteroatoms. The molecule has 0 aliphatic carbocycles. The second kappa shape index (κ2) is 5.44. The van der Waals surface area contributed by atoms with Gasteiger partial charge in [-0.3, -0.25) is 0 Å². The van der Waals surface area contributed by atoms with Crippen molar-refractivity contribution in [2.24, 2.45) is 0 Å². The molecule has 0 aliphatic rings. The third kappa shape index (κ3) is 2.56. The Bertz CT molecular complexity index is 512. The molecule has 0 unspecified atom stereocenters. The predicted molar refractivity (Wildman–Crippen MR) is 73.2 cm³/mol. The number of benzene rings is 1. The third-order valence-electron chi connectivity index (χ3n) is 2.58. The molecule has 0 radical (unpaired) electrons. The summed E-state index contributed by atoms with van der Waals surface area (Å²) in [7, 11) is 1.80. The highest BCUT2D eigenvalue weighted by Gasteiger charge is 2.11. The zero-order chi connectivity index (χ0) is 13.0. The van der Waals surface area contributed by atoms with Gasteiger partial charge < -0.3 is 10.2 Å². The summed E-state index contributed by atoms with van der Waals surface area (Å²) in [5.41, 5.74) is 1.08. The molecular weight excluding hydrogens is 226 g/mol. The van der Waals surface area contributed by atoms with E-state index in [1.165, 1.54) is 0 Å². The normalized spacial score (nSPS) is 10.2. The number of nitrogens with zero attached hydrogens (tertiary/aromatic N) is 4. The summed E-state index contributed by atoms with van der Waals surface area (Å²) in [6.45, 7) is 4.74. The first-order valence-corrected chi connectivity index (χ1v) is 5.97. The first-order valence-electron chi connectivity index (χ1n) is 5.97. The number of hydrogen-bond donors (Lipinski definition) is 1. The smallest absolute Gasteiger partial charge is 0.234 e. The number of aryl methyl sites for hydroxylation is 1. The lowest BCUT2D eigenvalue weighted by atomic mass is 10.3. The van der Waals surface area contributed by atoms with Crippen LogP contribution in [0.15, 0.2) is 30.3 Å². The molecule has 0 atom stereocenters. The van der Waals surface area contributed by atoms with Crippen molar-refractivity contribution in [3.8, 4) is 0 Å². The Balaban J connectivity index is 2.42. The minimum Gasteiger partial charge on any atom is -0.357 e. The average molecular weight is 243 g/mol. The second-order valence-electron chi connectivity index (χ2n) is 3.84. The van der Waals surface area contributed by atoms with Gasteiger partial charge in [-0.2, -0.15) is 15.0 Å². The van der Waals surface area contributed by atoms with Gasteiger partial charge in [0.15, 0.2) is 0 Å². The summed E-state index contributed by atoms with van der Waals surface area (Å²) in [5.74, 6) is 1.96. The molecule has 0 amide bonds. The molecule has 0 bridgehead atoms. The summed E-state index contributed by atoms with van der Waals surface area (Å²) < 4.78 is 0. The Morgan fingerprint density at radius 1 is 1.11 bits per heavy atom. The topological polar surface area (TPSA) is 53.9 Å². The van der Waals surface area contributed by atoms with Gasteiger partial charge in [-0.15, -0.1) is 0 Å². The summed E-state index contributed by atoms with van der Waals surface area (Å²) in [4.78, 5) is 15.0. The molecule has 1 heterocycles. The highest BCUT2D eigenvalue weighted by atomic mass is 15.3. The van der Waals surface area contributed by atoms with Gasteiger partial charge in [-0.05, 0) is 26.0 Å². The van der Waals surface area contributed by atoms with Crippen molar-refractivity contribution in [2.45, 2.75) is 13.8 Å². The number of para-hydroxylation sites is 1. The van der Waals surface area contributed by atoms with Crippen molar-refractivity contribution >= 4 is 17.6 Å². The lowest BCUT2D eigenvalue weighted by molar-refractivity contribution is 0.897. The molecular formula is C13H17N5. The largest absolute Gasteiger partial charge is 0.357 e. The predicted octanol–water partition coefficient (Wildman–Crippen LogP) is 2.38. The molecule has 18 heavy (non-hydrogen) atoms. The van der Waals surface area contributed by atoms with Crippen LogP contribution in [0.2, 0.25) is 0 Å². The zero-order valence-electron chi connectivity index (χ0n) is 10.9. The van der Waals surface area contributed by atoms with Gasteiger partial charge in [0.05, 0.1) is 0 Å². The van der Waals surface area contributed by atoms with Gasteiger partial charge in [0.2, 0.25) is 11.9 Å². The highest BCUT2D eigenvalue weighted by Crippen LogP contribution is 2.21. The highest BCUT2D eigenvalue weighted by molar-refractivity contribution is 5.57. The molecule has 0 spiro atoms. The van der Waals surface area contributed by atoms with Crippen LogP contribution in [-0.2, 0) is 0 Å². The second-order valence-corrected chi connectivity index (χ2v) is 3.84. The van der Waals surface area contributed by atoms with Crippen molar-refractivity contribution in [3.05, 3.63) is 36.2 Å². The summed E-state index contributed by atoms with van der Waals surface area (Å²) >= 11 is 0. The minimum absolute atomic E-state index is 0.590. The fourth-order valence-corrected chi connectivity index (χ4v) is 1.75. The molecule has 1 N–H and O–H groups in total. The van der Waals surface area contributed by atoms with Crippen LogP contribution in [0, 0.1) is 6.92 Å². The zero-order valence-corrected chi connectivity index (χ0v) is 10.9. The maximum Gasteiger partial charge on any atom is 0.234 e. The Hall–Kier alpha value is -2.17. The Labute approximate surface area is 107 Å². The summed E-state index contributed by atoms with van der Waals surface area (Å²) in [6, 6.07) is 10.1. The first kappa shape index (κ1) is 12.3.